The van der Waals surface area contributed by atoms with Crippen molar-refractivity contribution < 1.29 is 19.4 Å². The van der Waals surface area contributed by atoms with Crippen LogP contribution >= 0.6 is 0 Å². The second-order valence-corrected chi connectivity index (χ2v) is 8.73. The molecule has 0 amide bonds. The molecular weight excluding hydrogens is 306 g/mol. The molecule has 1 saturated heterocycles. The van der Waals surface area contributed by atoms with E-state index in [9.17, 15) is 9.90 Å². The summed E-state index contributed by atoms with van der Waals surface area (Å²) >= 11 is 0. The summed E-state index contributed by atoms with van der Waals surface area (Å²) in [7, 11) is 0. The van der Waals surface area contributed by atoms with Crippen molar-refractivity contribution in [3.8, 4) is 0 Å². The van der Waals surface area contributed by atoms with Crippen LogP contribution in [0, 0.1) is 5.92 Å². The molecule has 140 valence electrons. The van der Waals surface area contributed by atoms with E-state index in [-0.39, 0.29) is 24.7 Å². The summed E-state index contributed by atoms with van der Waals surface area (Å²) in [6.45, 7) is 10.6. The summed E-state index contributed by atoms with van der Waals surface area (Å²) in [6.07, 6.45) is 6.33. The Labute approximate surface area is 146 Å². The third-order valence-electron chi connectivity index (χ3n) is 5.08. The lowest BCUT2D eigenvalue weighted by Crippen LogP contribution is -2.55. The van der Waals surface area contributed by atoms with Crippen molar-refractivity contribution in [1.29, 1.82) is 0 Å². The number of carbonyl (C=O) groups is 1. The number of hydrogen-bond donors (Lipinski definition) is 1. The quantitative estimate of drug-likeness (QED) is 0.779. The van der Waals surface area contributed by atoms with Crippen LogP contribution in [0.4, 0.5) is 0 Å². The number of carbonyl (C=O) groups excluding carboxylic acids is 1. The first-order valence-electron chi connectivity index (χ1n) is 9.42. The molecule has 0 spiro atoms. The fourth-order valence-electron chi connectivity index (χ4n) is 4.08. The zero-order valence-corrected chi connectivity index (χ0v) is 16.0. The van der Waals surface area contributed by atoms with Crippen LogP contribution in [-0.4, -0.2) is 52.6 Å². The summed E-state index contributed by atoms with van der Waals surface area (Å²) in [4.78, 5) is 15.2. The molecule has 1 aliphatic heterocycles. The smallest absolute Gasteiger partial charge is 0.324 e. The number of rotatable bonds is 5. The monoisotopic (exact) mass is 341 g/mol. The van der Waals surface area contributed by atoms with Gasteiger partial charge in [-0.05, 0) is 59.8 Å². The zero-order chi connectivity index (χ0) is 18.0. The van der Waals surface area contributed by atoms with Crippen LogP contribution in [-0.2, 0) is 14.3 Å². The summed E-state index contributed by atoms with van der Waals surface area (Å²) in [5.41, 5.74) is -1.00. The number of ether oxygens (including phenoxy) is 2. The molecule has 1 unspecified atom stereocenters. The molecule has 1 saturated carbocycles. The lowest BCUT2D eigenvalue weighted by atomic mass is 9.82. The van der Waals surface area contributed by atoms with E-state index in [2.05, 4.69) is 4.90 Å². The predicted molar refractivity (Wildman–Crippen MR) is 93.6 cm³/mol. The van der Waals surface area contributed by atoms with Gasteiger partial charge in [-0.1, -0.05) is 19.3 Å². The van der Waals surface area contributed by atoms with Crippen molar-refractivity contribution in [2.24, 2.45) is 5.92 Å². The number of nitrogens with zero attached hydrogens (tertiary/aromatic N) is 1. The van der Waals surface area contributed by atoms with E-state index in [1.165, 1.54) is 19.3 Å². The lowest BCUT2D eigenvalue weighted by Gasteiger charge is -2.41. The molecule has 2 rings (SSSR count). The van der Waals surface area contributed by atoms with E-state index in [1.54, 1.807) is 0 Å². The van der Waals surface area contributed by atoms with Gasteiger partial charge in [-0.2, -0.15) is 0 Å². The van der Waals surface area contributed by atoms with Gasteiger partial charge in [0, 0.05) is 13.2 Å². The summed E-state index contributed by atoms with van der Waals surface area (Å²) in [5, 5.41) is 9.24. The SMILES string of the molecule is CC(C)(C)OC(=O)[C@H](C1CCCCC1)N1CC(CCO)OC1(C)C. The second kappa shape index (κ2) is 7.71. The molecule has 2 fully saturated rings. The van der Waals surface area contributed by atoms with Crippen LogP contribution in [0.5, 0.6) is 0 Å². The van der Waals surface area contributed by atoms with Gasteiger partial charge in [0.2, 0.25) is 0 Å². The molecule has 2 atom stereocenters. The molecule has 1 aliphatic carbocycles. The molecule has 1 heterocycles. The van der Waals surface area contributed by atoms with Crippen LogP contribution < -0.4 is 0 Å². The van der Waals surface area contributed by atoms with Crippen molar-refractivity contribution in [2.75, 3.05) is 13.2 Å². The van der Waals surface area contributed by atoms with Crippen LogP contribution in [0.1, 0.15) is 73.1 Å². The Morgan fingerprint density at radius 3 is 2.46 bits per heavy atom. The second-order valence-electron chi connectivity index (χ2n) is 8.73. The Morgan fingerprint density at radius 2 is 1.92 bits per heavy atom. The largest absolute Gasteiger partial charge is 0.459 e. The highest BCUT2D eigenvalue weighted by Crippen LogP contribution is 2.37. The Morgan fingerprint density at radius 1 is 1.29 bits per heavy atom. The lowest BCUT2D eigenvalue weighted by molar-refractivity contribution is -0.173. The van der Waals surface area contributed by atoms with Gasteiger partial charge in [0.25, 0.3) is 0 Å². The van der Waals surface area contributed by atoms with Crippen molar-refractivity contribution in [2.45, 2.75) is 96.6 Å². The number of aliphatic hydroxyl groups excluding tert-OH is 1. The van der Waals surface area contributed by atoms with Crippen molar-refractivity contribution in [3.63, 3.8) is 0 Å². The van der Waals surface area contributed by atoms with Crippen LogP contribution in [0.15, 0.2) is 0 Å². The topological polar surface area (TPSA) is 59.0 Å². The molecule has 0 bridgehead atoms. The van der Waals surface area contributed by atoms with Gasteiger partial charge in [0.1, 0.15) is 17.4 Å². The number of esters is 1. The first kappa shape index (κ1) is 19.7. The van der Waals surface area contributed by atoms with E-state index in [4.69, 9.17) is 9.47 Å². The van der Waals surface area contributed by atoms with Crippen LogP contribution in [0.2, 0.25) is 0 Å². The van der Waals surface area contributed by atoms with Crippen LogP contribution in [0.3, 0.4) is 0 Å². The number of aliphatic hydroxyl groups is 1. The third kappa shape index (κ3) is 4.93. The molecule has 5 nitrogen and oxygen atoms in total. The zero-order valence-electron chi connectivity index (χ0n) is 16.0. The molecule has 0 aromatic heterocycles. The van der Waals surface area contributed by atoms with Crippen molar-refractivity contribution >= 4 is 5.97 Å². The maximum Gasteiger partial charge on any atom is 0.324 e. The van der Waals surface area contributed by atoms with Gasteiger partial charge >= 0.3 is 5.97 Å². The number of hydrogen-bond acceptors (Lipinski definition) is 5. The molecule has 1 N–H and O–H groups in total. The molecule has 0 aromatic rings. The van der Waals surface area contributed by atoms with Crippen molar-refractivity contribution in [1.82, 2.24) is 4.90 Å². The van der Waals surface area contributed by atoms with E-state index >= 15 is 0 Å². The molecule has 5 heteroatoms. The highest BCUT2D eigenvalue weighted by molar-refractivity contribution is 5.77. The van der Waals surface area contributed by atoms with Gasteiger partial charge < -0.3 is 14.6 Å². The Hall–Kier alpha value is -0.650. The van der Waals surface area contributed by atoms with Gasteiger partial charge in [-0.15, -0.1) is 0 Å². The highest BCUT2D eigenvalue weighted by atomic mass is 16.6. The first-order valence-corrected chi connectivity index (χ1v) is 9.42. The Kier molecular flexibility index (Phi) is 6.32. The summed E-state index contributed by atoms with van der Waals surface area (Å²) in [6, 6.07) is -0.261. The first-order chi connectivity index (χ1) is 11.1. The highest BCUT2D eigenvalue weighted by Gasteiger charge is 2.48. The standard InChI is InChI=1S/C19H35NO4/c1-18(2,3)24-17(22)16(14-9-7-6-8-10-14)20-13-15(11-12-21)23-19(20,4)5/h14-16,21H,6-13H2,1-5H3/t15?,16-/m0/s1. The van der Waals surface area contributed by atoms with Gasteiger partial charge in [0.15, 0.2) is 0 Å². The fraction of sp³-hybridized carbons (Fsp3) is 0.947. The van der Waals surface area contributed by atoms with E-state index < -0.39 is 11.3 Å². The Balaban J connectivity index is 2.22. The minimum Gasteiger partial charge on any atom is -0.459 e. The van der Waals surface area contributed by atoms with Gasteiger partial charge in [0.05, 0.1) is 6.10 Å². The van der Waals surface area contributed by atoms with E-state index in [0.29, 0.717) is 18.9 Å². The average molecular weight is 341 g/mol. The van der Waals surface area contributed by atoms with E-state index in [0.717, 1.165) is 12.8 Å². The summed E-state index contributed by atoms with van der Waals surface area (Å²) < 4.78 is 11.9. The molecule has 0 aromatic carbocycles. The third-order valence-corrected chi connectivity index (χ3v) is 5.08. The minimum absolute atomic E-state index is 0.0291. The van der Waals surface area contributed by atoms with E-state index in [1.807, 2.05) is 34.6 Å². The summed E-state index contributed by atoms with van der Waals surface area (Å²) in [5.74, 6) is 0.195. The fourth-order valence-corrected chi connectivity index (χ4v) is 4.08. The normalized spacial score (nSPS) is 27.2. The molecule has 2 aliphatic rings. The molecule has 24 heavy (non-hydrogen) atoms. The van der Waals surface area contributed by atoms with Gasteiger partial charge in [-0.3, -0.25) is 9.69 Å². The van der Waals surface area contributed by atoms with Crippen molar-refractivity contribution in [3.05, 3.63) is 0 Å². The maximum atomic E-state index is 13.0. The average Bonchev–Trinajstić information content (AvgIpc) is 2.73. The Bertz CT molecular complexity index is 424. The maximum absolute atomic E-state index is 13.0. The predicted octanol–water partition coefficient (Wildman–Crippen LogP) is 3.10. The minimum atomic E-state index is -0.515. The molecular formula is C19H35NO4. The van der Waals surface area contributed by atoms with Crippen LogP contribution in [0.25, 0.3) is 0 Å². The van der Waals surface area contributed by atoms with Gasteiger partial charge in [-0.25, -0.2) is 0 Å². The molecule has 0 radical (unpaired) electrons.